The van der Waals surface area contributed by atoms with Gasteiger partial charge in [0.15, 0.2) is 11.6 Å². The van der Waals surface area contributed by atoms with Crippen molar-refractivity contribution >= 4 is 12.4 Å². The summed E-state index contributed by atoms with van der Waals surface area (Å²) in [5.74, 6) is -1.36. The molecule has 0 saturated carbocycles. The Bertz CT molecular complexity index is 448. The van der Waals surface area contributed by atoms with E-state index >= 15 is 0 Å². The van der Waals surface area contributed by atoms with Gasteiger partial charge < -0.3 is 5.32 Å². The maximum atomic E-state index is 14.3. The topological polar surface area (TPSA) is 15.3 Å². The van der Waals surface area contributed by atoms with Gasteiger partial charge in [-0.1, -0.05) is 31.9 Å². The Morgan fingerprint density at radius 2 is 1.86 bits per heavy atom. The Hall–Kier alpha value is -0.710. The Morgan fingerprint density at radius 1 is 1.19 bits per heavy atom. The van der Waals surface area contributed by atoms with Crippen molar-refractivity contribution in [2.24, 2.45) is 0 Å². The molecule has 1 heterocycles. The van der Waals surface area contributed by atoms with Gasteiger partial charge in [-0.05, 0) is 18.9 Å². The summed E-state index contributed by atoms with van der Waals surface area (Å²) in [6.07, 6.45) is 2.98. The van der Waals surface area contributed by atoms with Crippen molar-refractivity contribution in [1.29, 1.82) is 0 Å². The minimum Gasteiger partial charge on any atom is -0.314 e. The fourth-order valence-electron chi connectivity index (χ4n) is 2.84. The second kappa shape index (κ2) is 8.66. The van der Waals surface area contributed by atoms with Crippen LogP contribution in [0.4, 0.5) is 8.78 Å². The molecule has 0 radical (unpaired) electrons. The minimum atomic E-state index is -0.695. The normalized spacial score (nSPS) is 17.3. The van der Waals surface area contributed by atoms with Gasteiger partial charge in [0.1, 0.15) is 0 Å². The third kappa shape index (κ3) is 4.38. The number of nitrogens with one attached hydrogen (secondary N) is 1. The van der Waals surface area contributed by atoms with Crippen LogP contribution < -0.4 is 5.32 Å². The number of unbranched alkanes of at least 4 members (excludes halogenated alkanes) is 1. The van der Waals surface area contributed by atoms with E-state index in [0.717, 1.165) is 45.4 Å². The van der Waals surface area contributed by atoms with Gasteiger partial charge in [0, 0.05) is 37.8 Å². The lowest BCUT2D eigenvalue weighted by atomic mass is 9.97. The number of benzene rings is 1. The molecule has 2 nitrogen and oxygen atoms in total. The summed E-state index contributed by atoms with van der Waals surface area (Å²) in [7, 11) is 0. The smallest absolute Gasteiger partial charge is 0.163 e. The minimum absolute atomic E-state index is 0. The molecule has 0 bridgehead atoms. The Morgan fingerprint density at radius 3 is 2.48 bits per heavy atom. The number of nitrogens with zero attached hydrogens (tertiary/aromatic N) is 1. The number of hydrogen-bond donors (Lipinski definition) is 1. The molecule has 0 spiro atoms. The van der Waals surface area contributed by atoms with Crippen LogP contribution in [0.5, 0.6) is 0 Å². The number of aryl methyl sites for hydroxylation is 1. The van der Waals surface area contributed by atoms with Crippen LogP contribution >= 0.6 is 12.4 Å². The van der Waals surface area contributed by atoms with E-state index in [9.17, 15) is 8.78 Å². The zero-order valence-corrected chi connectivity index (χ0v) is 13.6. The Kier molecular flexibility index (Phi) is 7.57. The molecular weight excluding hydrogens is 294 g/mol. The number of halogens is 3. The molecule has 1 aliphatic heterocycles. The van der Waals surface area contributed by atoms with Gasteiger partial charge in [-0.3, -0.25) is 4.90 Å². The highest BCUT2D eigenvalue weighted by Crippen LogP contribution is 2.30. The molecule has 1 atom stereocenters. The summed E-state index contributed by atoms with van der Waals surface area (Å²) < 4.78 is 28.1. The predicted octanol–water partition coefficient (Wildman–Crippen LogP) is 3.83. The lowest BCUT2D eigenvalue weighted by Gasteiger charge is -2.35. The summed E-state index contributed by atoms with van der Waals surface area (Å²) in [5, 5.41) is 3.30. The molecule has 1 aliphatic rings. The lowest BCUT2D eigenvalue weighted by Crippen LogP contribution is -2.45. The second-order valence-corrected chi connectivity index (χ2v) is 5.54. The van der Waals surface area contributed by atoms with E-state index < -0.39 is 11.6 Å². The molecule has 2 rings (SSSR count). The van der Waals surface area contributed by atoms with Gasteiger partial charge in [-0.25, -0.2) is 8.78 Å². The van der Waals surface area contributed by atoms with E-state index in [1.165, 1.54) is 0 Å². The van der Waals surface area contributed by atoms with E-state index in [1.807, 2.05) is 0 Å². The number of piperazine rings is 1. The third-order valence-electron chi connectivity index (χ3n) is 4.09. The van der Waals surface area contributed by atoms with Crippen molar-refractivity contribution < 1.29 is 8.78 Å². The zero-order valence-electron chi connectivity index (χ0n) is 12.8. The quantitative estimate of drug-likeness (QED) is 0.887. The fraction of sp³-hybridized carbons (Fsp3) is 0.625. The molecule has 1 fully saturated rings. The molecule has 1 N–H and O–H groups in total. The van der Waals surface area contributed by atoms with Gasteiger partial charge in [0.05, 0.1) is 0 Å². The maximum Gasteiger partial charge on any atom is 0.163 e. The molecule has 120 valence electrons. The molecule has 0 amide bonds. The van der Waals surface area contributed by atoms with Gasteiger partial charge in [0.25, 0.3) is 0 Å². The maximum absolute atomic E-state index is 14.3. The molecule has 0 aromatic heterocycles. The van der Waals surface area contributed by atoms with E-state index in [2.05, 4.69) is 17.1 Å². The Labute approximate surface area is 132 Å². The second-order valence-electron chi connectivity index (χ2n) is 5.54. The van der Waals surface area contributed by atoms with E-state index in [1.54, 1.807) is 19.1 Å². The van der Waals surface area contributed by atoms with Crippen molar-refractivity contribution in [3.8, 4) is 0 Å². The van der Waals surface area contributed by atoms with Gasteiger partial charge in [-0.2, -0.15) is 0 Å². The first-order valence-electron chi connectivity index (χ1n) is 7.54. The lowest BCUT2D eigenvalue weighted by molar-refractivity contribution is 0.159. The first-order chi connectivity index (χ1) is 9.65. The van der Waals surface area contributed by atoms with Crippen LogP contribution in [0, 0.1) is 18.6 Å². The predicted molar refractivity (Wildman–Crippen MR) is 85.1 cm³/mol. The van der Waals surface area contributed by atoms with Crippen molar-refractivity contribution in [2.75, 3.05) is 26.2 Å². The monoisotopic (exact) mass is 318 g/mol. The molecule has 5 heteroatoms. The Balaban J connectivity index is 0.00000220. The van der Waals surface area contributed by atoms with E-state index in [0.29, 0.717) is 11.1 Å². The highest BCUT2D eigenvalue weighted by atomic mass is 35.5. The summed E-state index contributed by atoms with van der Waals surface area (Å²) >= 11 is 0. The molecule has 21 heavy (non-hydrogen) atoms. The summed E-state index contributed by atoms with van der Waals surface area (Å²) in [6.45, 7) is 7.35. The van der Waals surface area contributed by atoms with Crippen molar-refractivity contribution in [2.45, 2.75) is 39.2 Å². The van der Waals surface area contributed by atoms with Crippen molar-refractivity contribution in [3.05, 3.63) is 34.9 Å². The summed E-state index contributed by atoms with van der Waals surface area (Å²) in [6, 6.07) is 3.44. The highest BCUT2D eigenvalue weighted by molar-refractivity contribution is 5.85. The molecule has 1 aromatic rings. The van der Waals surface area contributed by atoms with Crippen LogP contribution in [-0.2, 0) is 0 Å². The van der Waals surface area contributed by atoms with Crippen LogP contribution in [0.3, 0.4) is 0 Å². The molecule has 0 unspecified atom stereocenters. The first kappa shape index (κ1) is 18.3. The zero-order chi connectivity index (χ0) is 14.5. The van der Waals surface area contributed by atoms with Crippen molar-refractivity contribution in [3.63, 3.8) is 0 Å². The summed E-state index contributed by atoms with van der Waals surface area (Å²) in [5.41, 5.74) is 0.893. The van der Waals surface area contributed by atoms with E-state index in [-0.39, 0.29) is 18.4 Å². The molecule has 1 saturated heterocycles. The van der Waals surface area contributed by atoms with E-state index in [4.69, 9.17) is 0 Å². The molecule has 0 aliphatic carbocycles. The van der Waals surface area contributed by atoms with Crippen LogP contribution in [0.15, 0.2) is 12.1 Å². The summed E-state index contributed by atoms with van der Waals surface area (Å²) in [4.78, 5) is 2.28. The van der Waals surface area contributed by atoms with Crippen LogP contribution in [-0.4, -0.2) is 31.1 Å². The standard InChI is InChI=1S/C16H24F2N2.ClH/c1-3-4-5-14(20-10-8-19-9-11-20)13-7-6-12(2)15(17)16(13)18;/h6-7,14,19H,3-5,8-11H2,1-2H3;1H/t14-;/m0./s1. The van der Waals surface area contributed by atoms with Gasteiger partial charge in [0.2, 0.25) is 0 Å². The number of rotatable bonds is 5. The van der Waals surface area contributed by atoms with Crippen LogP contribution in [0.25, 0.3) is 0 Å². The highest BCUT2D eigenvalue weighted by Gasteiger charge is 2.25. The molecule has 1 aromatic carbocycles. The van der Waals surface area contributed by atoms with Crippen LogP contribution in [0.1, 0.15) is 43.4 Å². The largest absolute Gasteiger partial charge is 0.314 e. The first-order valence-corrected chi connectivity index (χ1v) is 7.54. The van der Waals surface area contributed by atoms with Crippen LogP contribution in [0.2, 0.25) is 0 Å². The third-order valence-corrected chi connectivity index (χ3v) is 4.09. The average Bonchev–Trinajstić information content (AvgIpc) is 2.48. The van der Waals surface area contributed by atoms with Crippen molar-refractivity contribution in [1.82, 2.24) is 10.2 Å². The van der Waals surface area contributed by atoms with Gasteiger partial charge >= 0.3 is 0 Å². The SMILES string of the molecule is CCCC[C@@H](c1ccc(C)c(F)c1F)N1CCNCC1.Cl. The number of hydrogen-bond acceptors (Lipinski definition) is 2. The fourth-order valence-corrected chi connectivity index (χ4v) is 2.84. The average molecular weight is 319 g/mol. The van der Waals surface area contributed by atoms with Gasteiger partial charge in [-0.15, -0.1) is 12.4 Å². The molecular formula is C16H25ClF2N2.